The number of rotatable bonds is 12. The van der Waals surface area contributed by atoms with E-state index in [0.717, 1.165) is 30.9 Å². The summed E-state index contributed by atoms with van der Waals surface area (Å²) in [5.74, 6) is -0.0137. The van der Waals surface area contributed by atoms with Crippen LogP contribution in [-0.4, -0.2) is 37.4 Å². The quantitative estimate of drug-likeness (QED) is 0.315. The Balaban J connectivity index is 3.79. The van der Waals surface area contributed by atoms with Gasteiger partial charge in [0.15, 0.2) is 0 Å². The molecule has 0 rings (SSSR count). The summed E-state index contributed by atoms with van der Waals surface area (Å²) >= 11 is 0. The number of carbonyl (C=O) groups is 2. The lowest BCUT2D eigenvalue weighted by Crippen LogP contribution is -2.32. The summed E-state index contributed by atoms with van der Waals surface area (Å²) in [6.07, 6.45) is 4.18. The first-order valence-corrected chi connectivity index (χ1v) is 7.66. The van der Waals surface area contributed by atoms with Crippen molar-refractivity contribution in [1.82, 2.24) is 5.23 Å². The maximum Gasteiger partial charge on any atom is 0.305 e. The van der Waals surface area contributed by atoms with Crippen LogP contribution in [0.3, 0.4) is 0 Å². The number of nitrogens with zero attached hydrogens (tertiary/aromatic N) is 1. The lowest BCUT2D eigenvalue weighted by Gasteiger charge is -2.20. The third-order valence-electron chi connectivity index (χ3n) is 2.72. The molecule has 0 radical (unpaired) electrons. The van der Waals surface area contributed by atoms with Gasteiger partial charge in [-0.3, -0.25) is 9.59 Å². The number of hydroxylamine groups is 2. The Morgan fingerprint density at radius 3 is 2.14 bits per heavy atom. The monoisotopic (exact) mass is 303 g/mol. The van der Waals surface area contributed by atoms with Crippen molar-refractivity contribution in [2.24, 2.45) is 5.92 Å². The number of esters is 1. The van der Waals surface area contributed by atoms with E-state index in [1.54, 1.807) is 0 Å². The van der Waals surface area contributed by atoms with Crippen LogP contribution >= 0.6 is 0 Å². The van der Waals surface area contributed by atoms with Crippen LogP contribution in [0.1, 0.15) is 59.3 Å². The summed E-state index contributed by atoms with van der Waals surface area (Å²) < 4.78 is 4.57. The Hall–Kier alpha value is -1.14. The lowest BCUT2D eigenvalue weighted by molar-refractivity contribution is -0.343. The molecule has 6 heteroatoms. The fourth-order valence-electron chi connectivity index (χ4n) is 1.61. The van der Waals surface area contributed by atoms with Crippen molar-refractivity contribution in [3.63, 3.8) is 0 Å². The van der Waals surface area contributed by atoms with Gasteiger partial charge >= 0.3 is 5.97 Å². The second kappa shape index (κ2) is 12.6. The van der Waals surface area contributed by atoms with Gasteiger partial charge in [0.25, 0.3) is 5.91 Å². The zero-order valence-corrected chi connectivity index (χ0v) is 13.7. The molecule has 0 atom stereocenters. The molecule has 124 valence electrons. The number of methoxy groups -OCH3 is 1. The van der Waals surface area contributed by atoms with Crippen molar-refractivity contribution < 1.29 is 24.0 Å². The van der Waals surface area contributed by atoms with Gasteiger partial charge in [0.2, 0.25) is 0 Å². The van der Waals surface area contributed by atoms with Gasteiger partial charge in [-0.15, -0.1) is 0 Å². The van der Waals surface area contributed by atoms with Gasteiger partial charge in [0, 0.05) is 12.8 Å². The van der Waals surface area contributed by atoms with E-state index in [9.17, 15) is 9.59 Å². The smallest absolute Gasteiger partial charge is 0.305 e. The van der Waals surface area contributed by atoms with Gasteiger partial charge in [-0.2, -0.15) is 0 Å². The van der Waals surface area contributed by atoms with Crippen molar-refractivity contribution in [3.05, 3.63) is 0 Å². The summed E-state index contributed by atoms with van der Waals surface area (Å²) in [6, 6.07) is 0. The first kappa shape index (κ1) is 19.9. The van der Waals surface area contributed by atoms with E-state index in [0.29, 0.717) is 32.0 Å². The molecule has 0 aliphatic heterocycles. The molecule has 6 nitrogen and oxygen atoms in total. The fraction of sp³-hybridized carbons (Fsp3) is 0.867. The summed E-state index contributed by atoms with van der Waals surface area (Å²) in [7, 11) is 1.39. The number of amides is 1. The number of hydrogen-bond donors (Lipinski definition) is 0. The highest BCUT2D eigenvalue weighted by Crippen LogP contribution is 2.09. The fourth-order valence-corrected chi connectivity index (χ4v) is 1.61. The molecule has 0 aliphatic carbocycles. The molecule has 0 unspecified atom stereocenters. The molecule has 0 aromatic rings. The van der Waals surface area contributed by atoms with Crippen LogP contribution in [0.4, 0.5) is 0 Å². The Bertz CT molecular complexity index is 294. The van der Waals surface area contributed by atoms with Crippen LogP contribution in [0.25, 0.3) is 0 Å². The molecule has 0 aromatic heterocycles. The molecule has 1 amide bonds. The van der Waals surface area contributed by atoms with Crippen LogP contribution in [0.5, 0.6) is 0 Å². The molecule has 0 fully saturated rings. The number of ether oxygens (including phenoxy) is 1. The second-order valence-electron chi connectivity index (χ2n) is 5.25. The summed E-state index contributed by atoms with van der Waals surface area (Å²) in [4.78, 5) is 33.4. The van der Waals surface area contributed by atoms with Crippen LogP contribution < -0.4 is 0 Å². The predicted molar refractivity (Wildman–Crippen MR) is 79.0 cm³/mol. The predicted octanol–water partition coefficient (Wildman–Crippen LogP) is 2.87. The minimum Gasteiger partial charge on any atom is -0.469 e. The van der Waals surface area contributed by atoms with Crippen LogP contribution in [0.15, 0.2) is 0 Å². The third kappa shape index (κ3) is 11.2. The molecule has 0 heterocycles. The molecule has 21 heavy (non-hydrogen) atoms. The molecular weight excluding hydrogens is 274 g/mol. The van der Waals surface area contributed by atoms with Gasteiger partial charge < -0.3 is 4.74 Å². The Kier molecular flexibility index (Phi) is 11.9. The minimum atomic E-state index is -0.185. The normalized spacial score (nSPS) is 10.7. The highest BCUT2D eigenvalue weighted by Gasteiger charge is 2.15. The second-order valence-corrected chi connectivity index (χ2v) is 5.25. The van der Waals surface area contributed by atoms with Gasteiger partial charge in [0.1, 0.15) is 0 Å². The zero-order valence-electron chi connectivity index (χ0n) is 13.7. The minimum absolute atomic E-state index is 0.162. The van der Waals surface area contributed by atoms with Crippen LogP contribution in [0, 0.1) is 5.92 Å². The Morgan fingerprint density at radius 1 is 1.00 bits per heavy atom. The lowest BCUT2D eigenvalue weighted by atomic mass is 10.1. The van der Waals surface area contributed by atoms with Crippen molar-refractivity contribution >= 4 is 11.9 Å². The molecular formula is C15H29NO5. The van der Waals surface area contributed by atoms with E-state index in [1.165, 1.54) is 7.11 Å². The average Bonchev–Trinajstić information content (AvgIpc) is 2.46. The van der Waals surface area contributed by atoms with E-state index < -0.39 is 0 Å². The molecule has 0 saturated carbocycles. The van der Waals surface area contributed by atoms with E-state index in [2.05, 4.69) is 4.74 Å². The summed E-state index contributed by atoms with van der Waals surface area (Å²) in [5, 5.41) is 1.01. The first-order valence-electron chi connectivity index (χ1n) is 7.66. The molecule has 0 N–H and O–H groups in total. The van der Waals surface area contributed by atoms with E-state index >= 15 is 0 Å². The van der Waals surface area contributed by atoms with E-state index in [1.807, 2.05) is 20.8 Å². The van der Waals surface area contributed by atoms with Gasteiger partial charge in [-0.25, -0.2) is 9.68 Å². The number of hydrogen-bond acceptors (Lipinski definition) is 5. The van der Waals surface area contributed by atoms with Gasteiger partial charge in [-0.1, -0.05) is 31.9 Å². The number of carbonyl (C=O) groups excluding carboxylic acids is 2. The average molecular weight is 303 g/mol. The molecule has 0 bridgehead atoms. The molecule has 0 spiro atoms. The Morgan fingerprint density at radius 2 is 1.62 bits per heavy atom. The maximum atomic E-state index is 11.9. The molecule has 0 saturated heterocycles. The largest absolute Gasteiger partial charge is 0.469 e. The van der Waals surface area contributed by atoms with Crippen LogP contribution in [0.2, 0.25) is 0 Å². The zero-order chi connectivity index (χ0) is 16.1. The summed E-state index contributed by atoms with van der Waals surface area (Å²) in [6.45, 7) is 6.67. The van der Waals surface area contributed by atoms with Crippen molar-refractivity contribution in [2.45, 2.75) is 59.3 Å². The molecule has 0 aromatic carbocycles. The van der Waals surface area contributed by atoms with Crippen molar-refractivity contribution in [1.29, 1.82) is 0 Å². The topological polar surface area (TPSA) is 65.1 Å². The maximum absolute atomic E-state index is 11.9. The van der Waals surface area contributed by atoms with Gasteiger partial charge in [-0.05, 0) is 25.7 Å². The van der Waals surface area contributed by atoms with Crippen LogP contribution in [-0.2, 0) is 24.0 Å². The van der Waals surface area contributed by atoms with E-state index in [-0.39, 0.29) is 11.9 Å². The SMILES string of the molecule is CCON(OCC(C)C)C(=O)CCCCCCC(=O)OC. The van der Waals surface area contributed by atoms with E-state index in [4.69, 9.17) is 9.68 Å². The first-order chi connectivity index (χ1) is 10.0. The Labute approximate surface area is 127 Å². The van der Waals surface area contributed by atoms with Crippen molar-refractivity contribution in [3.8, 4) is 0 Å². The summed E-state index contributed by atoms with van der Waals surface area (Å²) in [5.41, 5.74) is 0. The van der Waals surface area contributed by atoms with Gasteiger partial charge in [0.05, 0.1) is 20.3 Å². The number of unbranched alkanes of at least 4 members (excludes halogenated alkanes) is 3. The van der Waals surface area contributed by atoms with Crippen molar-refractivity contribution in [2.75, 3.05) is 20.3 Å². The highest BCUT2D eigenvalue weighted by molar-refractivity contribution is 5.73. The molecule has 0 aliphatic rings. The highest BCUT2D eigenvalue weighted by atomic mass is 17.0. The third-order valence-corrected chi connectivity index (χ3v) is 2.72. The standard InChI is InChI=1S/C15H29NO5/c1-5-20-16(21-12-13(2)3)14(17)10-8-6-7-9-11-15(18)19-4/h13H,5-12H2,1-4H3.